The van der Waals surface area contributed by atoms with Crippen LogP contribution in [-0.4, -0.2) is 0 Å². The highest BCUT2D eigenvalue weighted by Gasteiger charge is 2.27. The lowest BCUT2D eigenvalue weighted by molar-refractivity contribution is 0.867. The minimum atomic E-state index is 0.383. The number of benzene rings is 8. The third kappa shape index (κ3) is 3.86. The zero-order valence-electron chi connectivity index (χ0n) is 28.8. The average Bonchev–Trinajstić information content (AvgIpc) is 3.61. The Bertz CT molecular complexity index is 2920. The Balaban J connectivity index is 1.56. The molecule has 10 aromatic carbocycles. The summed E-state index contributed by atoms with van der Waals surface area (Å²) in [4.78, 5) is 0. The van der Waals surface area contributed by atoms with Crippen molar-refractivity contribution in [2.24, 2.45) is 0 Å². The SMILES string of the molecule is Cc1ccc(-c2c3cc4c(cc3c(-c3ccccc3C(C)C)c3c5cccc6cccc(c23)c65)c2cccc3cccc4c32)c(C(C)C)c1. The fourth-order valence-corrected chi connectivity index (χ4v) is 9.24. The van der Waals surface area contributed by atoms with Crippen LogP contribution in [0, 0.1) is 6.92 Å². The first-order valence-electron chi connectivity index (χ1n) is 17.8. The molecule has 0 saturated heterocycles. The third-order valence-corrected chi connectivity index (χ3v) is 11.3. The lowest BCUT2D eigenvalue weighted by atomic mass is 9.81. The highest BCUT2D eigenvalue weighted by Crippen LogP contribution is 2.54. The predicted octanol–water partition coefficient (Wildman–Crippen LogP) is 14.5. The van der Waals surface area contributed by atoms with E-state index in [0.717, 1.165) is 0 Å². The second-order valence-electron chi connectivity index (χ2n) is 14.8. The average molecular weight is 627 g/mol. The predicted molar refractivity (Wildman–Crippen MR) is 215 cm³/mol. The van der Waals surface area contributed by atoms with E-state index >= 15 is 0 Å². The zero-order chi connectivity index (χ0) is 33.1. The quantitative estimate of drug-likeness (QED) is 0.182. The molecule has 0 atom stereocenters. The molecule has 10 rings (SSSR count). The van der Waals surface area contributed by atoms with Crippen molar-refractivity contribution in [1.29, 1.82) is 0 Å². The molecule has 0 aliphatic rings. The monoisotopic (exact) mass is 626 g/mol. The van der Waals surface area contributed by atoms with E-state index in [0.29, 0.717) is 11.8 Å². The van der Waals surface area contributed by atoms with Crippen molar-refractivity contribution in [2.75, 3.05) is 0 Å². The van der Waals surface area contributed by atoms with Crippen LogP contribution >= 0.6 is 0 Å². The Morgan fingerprint density at radius 1 is 0.347 bits per heavy atom. The molecule has 0 N–H and O–H groups in total. The van der Waals surface area contributed by atoms with Crippen LogP contribution in [0.2, 0.25) is 0 Å². The molecule has 0 nitrogen and oxygen atoms in total. The normalized spacial score (nSPS) is 12.6. The van der Waals surface area contributed by atoms with E-state index in [1.165, 1.54) is 114 Å². The van der Waals surface area contributed by atoms with Crippen molar-refractivity contribution in [3.05, 3.63) is 144 Å². The van der Waals surface area contributed by atoms with E-state index in [-0.39, 0.29) is 0 Å². The van der Waals surface area contributed by atoms with Crippen LogP contribution in [0.5, 0.6) is 0 Å². The fraction of sp³-hybridized carbons (Fsp3) is 0.143. The molecule has 0 saturated carbocycles. The summed E-state index contributed by atoms with van der Waals surface area (Å²) in [6.07, 6.45) is 0. The van der Waals surface area contributed by atoms with Gasteiger partial charge in [0, 0.05) is 0 Å². The topological polar surface area (TPSA) is 0 Å². The number of fused-ring (bicyclic) bond motifs is 7. The maximum absolute atomic E-state index is 2.56. The van der Waals surface area contributed by atoms with Crippen LogP contribution in [0.15, 0.2) is 127 Å². The Morgan fingerprint density at radius 3 is 1.35 bits per heavy atom. The molecule has 0 unspecified atom stereocenters. The number of rotatable bonds is 4. The van der Waals surface area contributed by atoms with Crippen LogP contribution in [0.1, 0.15) is 56.2 Å². The van der Waals surface area contributed by atoms with Gasteiger partial charge in [-0.25, -0.2) is 0 Å². The standard InChI is InChI=1S/C49H38/c1-27(2)32-16-6-7-17-33(32)46-42-25-40-34-18-8-12-30-13-9-19-35(44(30)34)41(40)26-43(42)47(36-23-22-29(5)24-39(36)28(3)4)49-38-21-11-15-31-14-10-20-37(45(31)38)48(46)49/h6-28H,1-5H3. The van der Waals surface area contributed by atoms with Crippen LogP contribution < -0.4 is 0 Å². The number of hydrogen-bond donors (Lipinski definition) is 0. The lowest BCUT2D eigenvalue weighted by Gasteiger charge is -2.22. The Hall–Kier alpha value is -5.46. The minimum absolute atomic E-state index is 0.383. The number of hydrogen-bond acceptors (Lipinski definition) is 0. The Morgan fingerprint density at radius 2 is 0.816 bits per heavy atom. The Kier molecular flexibility index (Phi) is 5.98. The van der Waals surface area contributed by atoms with Gasteiger partial charge in [0.1, 0.15) is 0 Å². The van der Waals surface area contributed by atoms with Crippen LogP contribution in [-0.2, 0) is 0 Å². The summed E-state index contributed by atoms with van der Waals surface area (Å²) in [5.74, 6) is 0.771. The molecule has 0 amide bonds. The molecule has 0 bridgehead atoms. The van der Waals surface area contributed by atoms with Crippen molar-refractivity contribution in [2.45, 2.75) is 46.5 Å². The summed E-state index contributed by atoms with van der Waals surface area (Å²) in [5.41, 5.74) is 9.55. The van der Waals surface area contributed by atoms with Gasteiger partial charge in [-0.15, -0.1) is 0 Å². The molecule has 0 heterocycles. The molecular formula is C49H38. The highest BCUT2D eigenvalue weighted by molar-refractivity contribution is 6.42. The van der Waals surface area contributed by atoms with Gasteiger partial charge >= 0.3 is 0 Å². The van der Waals surface area contributed by atoms with E-state index in [2.05, 4.69) is 162 Å². The van der Waals surface area contributed by atoms with Gasteiger partial charge in [-0.05, 0) is 140 Å². The summed E-state index contributed by atoms with van der Waals surface area (Å²) in [5, 5.41) is 18.9. The summed E-state index contributed by atoms with van der Waals surface area (Å²) >= 11 is 0. The zero-order valence-corrected chi connectivity index (χ0v) is 28.8. The summed E-state index contributed by atoms with van der Waals surface area (Å²) in [7, 11) is 0. The van der Waals surface area contributed by atoms with Crippen molar-refractivity contribution in [1.82, 2.24) is 0 Å². The largest absolute Gasteiger partial charge is 0.0619 e. The first-order valence-corrected chi connectivity index (χ1v) is 17.8. The molecule has 0 spiro atoms. The second kappa shape index (κ2) is 10.3. The summed E-state index contributed by atoms with van der Waals surface area (Å²) < 4.78 is 0. The van der Waals surface area contributed by atoms with E-state index < -0.39 is 0 Å². The smallest absolute Gasteiger partial charge is 0.000731 e. The first-order chi connectivity index (χ1) is 23.9. The fourth-order valence-electron chi connectivity index (χ4n) is 9.24. The molecule has 234 valence electrons. The van der Waals surface area contributed by atoms with Gasteiger partial charge in [-0.1, -0.05) is 149 Å². The minimum Gasteiger partial charge on any atom is -0.0619 e. The molecule has 49 heavy (non-hydrogen) atoms. The number of aryl methyl sites for hydroxylation is 1. The van der Waals surface area contributed by atoms with Crippen molar-refractivity contribution >= 4 is 75.4 Å². The lowest BCUT2D eigenvalue weighted by Crippen LogP contribution is -1.98. The van der Waals surface area contributed by atoms with Crippen LogP contribution in [0.25, 0.3) is 97.7 Å². The van der Waals surface area contributed by atoms with Crippen molar-refractivity contribution in [3.8, 4) is 22.3 Å². The van der Waals surface area contributed by atoms with Gasteiger partial charge in [-0.2, -0.15) is 0 Å². The second-order valence-corrected chi connectivity index (χ2v) is 14.8. The molecule has 0 aromatic heterocycles. The third-order valence-electron chi connectivity index (χ3n) is 11.3. The van der Waals surface area contributed by atoms with Gasteiger partial charge in [0.2, 0.25) is 0 Å². The van der Waals surface area contributed by atoms with Crippen molar-refractivity contribution in [3.63, 3.8) is 0 Å². The van der Waals surface area contributed by atoms with Crippen molar-refractivity contribution < 1.29 is 0 Å². The Labute approximate surface area is 287 Å². The van der Waals surface area contributed by atoms with E-state index in [9.17, 15) is 0 Å². The van der Waals surface area contributed by atoms with E-state index in [1.807, 2.05) is 0 Å². The van der Waals surface area contributed by atoms with Gasteiger partial charge < -0.3 is 0 Å². The van der Waals surface area contributed by atoms with Gasteiger partial charge in [0.25, 0.3) is 0 Å². The molecule has 0 aliphatic heterocycles. The molecule has 10 aromatic rings. The molecular weight excluding hydrogens is 589 g/mol. The van der Waals surface area contributed by atoms with Gasteiger partial charge in [0.05, 0.1) is 0 Å². The van der Waals surface area contributed by atoms with Crippen LogP contribution in [0.3, 0.4) is 0 Å². The molecule has 0 radical (unpaired) electrons. The maximum Gasteiger partial charge on any atom is -0.000731 e. The van der Waals surface area contributed by atoms with Gasteiger partial charge in [-0.3, -0.25) is 0 Å². The van der Waals surface area contributed by atoms with E-state index in [4.69, 9.17) is 0 Å². The molecule has 0 heteroatoms. The molecule has 0 aliphatic carbocycles. The summed E-state index contributed by atoms with van der Waals surface area (Å²) in [6, 6.07) is 48.9. The summed E-state index contributed by atoms with van der Waals surface area (Å²) in [6.45, 7) is 11.6. The van der Waals surface area contributed by atoms with Gasteiger partial charge in [0.15, 0.2) is 0 Å². The van der Waals surface area contributed by atoms with Crippen LogP contribution in [0.4, 0.5) is 0 Å². The molecule has 0 fully saturated rings. The van der Waals surface area contributed by atoms with E-state index in [1.54, 1.807) is 0 Å². The highest BCUT2D eigenvalue weighted by atomic mass is 14.3. The maximum atomic E-state index is 2.56. The first kappa shape index (κ1) is 28.5.